The zero-order valence-electron chi connectivity index (χ0n) is 12.7. The van der Waals surface area contributed by atoms with Crippen LogP contribution in [0.25, 0.3) is 0 Å². The molecule has 1 atom stereocenters. The number of hydrogen-bond acceptors (Lipinski definition) is 6. The lowest BCUT2D eigenvalue weighted by Gasteiger charge is -2.24. The number of carbonyl (C=O) groups excluding carboxylic acids is 2. The molecule has 1 aliphatic rings. The van der Waals surface area contributed by atoms with Crippen molar-refractivity contribution in [3.8, 4) is 17.6 Å². The number of aromatic hydroxyl groups is 1. The lowest BCUT2D eigenvalue weighted by Crippen LogP contribution is -2.31. The summed E-state index contributed by atoms with van der Waals surface area (Å²) < 4.78 is 5.30. The van der Waals surface area contributed by atoms with Crippen LogP contribution in [0.1, 0.15) is 25.5 Å². The topological polar surface area (TPSA) is 111 Å². The van der Waals surface area contributed by atoms with Gasteiger partial charge in [0.15, 0.2) is 23.0 Å². The van der Waals surface area contributed by atoms with Gasteiger partial charge in [0.05, 0.1) is 24.3 Å². The number of rotatable bonds is 5. The molecule has 0 aliphatic carbocycles. The fourth-order valence-corrected chi connectivity index (χ4v) is 2.57. The molecule has 1 amide bonds. The van der Waals surface area contributed by atoms with E-state index in [9.17, 15) is 19.8 Å². The molecule has 0 aromatic heterocycles. The molecule has 7 heteroatoms. The van der Waals surface area contributed by atoms with Gasteiger partial charge in [0.25, 0.3) is 5.91 Å². The molecule has 120 valence electrons. The molecular formula is C16H16N2O5. The Bertz CT molecular complexity index is 732. The van der Waals surface area contributed by atoms with Crippen LogP contribution in [0.2, 0.25) is 0 Å². The number of aliphatic hydroxyl groups excluding tert-OH is 1. The molecule has 0 bridgehead atoms. The van der Waals surface area contributed by atoms with Crippen LogP contribution in [0.15, 0.2) is 29.5 Å². The van der Waals surface area contributed by atoms with E-state index in [1.807, 2.05) is 6.07 Å². The summed E-state index contributed by atoms with van der Waals surface area (Å²) >= 11 is 0. The summed E-state index contributed by atoms with van der Waals surface area (Å²) in [5, 5.41) is 28.6. The molecular weight excluding hydrogens is 300 g/mol. The van der Waals surface area contributed by atoms with E-state index in [-0.39, 0.29) is 23.6 Å². The minimum atomic E-state index is -0.889. The van der Waals surface area contributed by atoms with Crippen LogP contribution in [-0.2, 0) is 9.59 Å². The first-order chi connectivity index (χ1) is 10.9. The van der Waals surface area contributed by atoms with Gasteiger partial charge in [-0.25, -0.2) is 0 Å². The summed E-state index contributed by atoms with van der Waals surface area (Å²) in [4.78, 5) is 25.1. The quantitative estimate of drug-likeness (QED) is 0.798. The number of phenols is 1. The Morgan fingerprint density at radius 1 is 1.43 bits per heavy atom. The highest BCUT2D eigenvalue weighted by Crippen LogP contribution is 2.40. The summed E-state index contributed by atoms with van der Waals surface area (Å²) in [6.07, 6.45) is 0. The van der Waals surface area contributed by atoms with E-state index in [1.165, 1.54) is 25.1 Å². The third-order valence-electron chi connectivity index (χ3n) is 3.52. The van der Waals surface area contributed by atoms with E-state index in [2.05, 4.69) is 0 Å². The molecule has 1 heterocycles. The van der Waals surface area contributed by atoms with E-state index in [0.29, 0.717) is 12.2 Å². The zero-order chi connectivity index (χ0) is 17.1. The number of nitrogens with zero attached hydrogens (tertiary/aromatic N) is 2. The first kappa shape index (κ1) is 16.4. The summed E-state index contributed by atoms with van der Waals surface area (Å²) in [7, 11) is 0. The highest BCUT2D eigenvalue weighted by Gasteiger charge is 2.42. The number of ketones is 1. The number of hydrogen-bond donors (Lipinski definition) is 2. The van der Waals surface area contributed by atoms with Gasteiger partial charge >= 0.3 is 0 Å². The van der Waals surface area contributed by atoms with Crippen molar-refractivity contribution in [3.63, 3.8) is 0 Å². The Morgan fingerprint density at radius 2 is 2.13 bits per heavy atom. The van der Waals surface area contributed by atoms with Crippen LogP contribution >= 0.6 is 0 Å². The Labute approximate surface area is 133 Å². The molecule has 0 radical (unpaired) electrons. The van der Waals surface area contributed by atoms with Gasteiger partial charge in [-0.3, -0.25) is 9.59 Å². The van der Waals surface area contributed by atoms with Gasteiger partial charge in [-0.15, -0.1) is 0 Å². The van der Waals surface area contributed by atoms with Gasteiger partial charge in [-0.1, -0.05) is 6.07 Å². The van der Waals surface area contributed by atoms with Crippen LogP contribution in [0, 0.1) is 11.3 Å². The molecule has 1 aromatic carbocycles. The summed E-state index contributed by atoms with van der Waals surface area (Å²) in [5.41, 5.74) is 0.391. The number of ether oxygens (including phenoxy) is 1. The molecule has 0 spiro atoms. The van der Waals surface area contributed by atoms with Crippen molar-refractivity contribution in [3.05, 3.63) is 35.1 Å². The summed E-state index contributed by atoms with van der Waals surface area (Å²) in [6, 6.07) is 5.34. The predicted octanol–water partition coefficient (Wildman–Crippen LogP) is 1.60. The lowest BCUT2D eigenvalue weighted by molar-refractivity contribution is -0.128. The van der Waals surface area contributed by atoms with E-state index in [1.54, 1.807) is 6.92 Å². The number of phenolic OH excluding ortho intramolecular Hbond substituents is 1. The second-order valence-corrected chi connectivity index (χ2v) is 4.97. The van der Waals surface area contributed by atoms with Crippen LogP contribution in [0.3, 0.4) is 0 Å². The van der Waals surface area contributed by atoms with Crippen LogP contribution in [0.4, 0.5) is 0 Å². The monoisotopic (exact) mass is 316 g/mol. The second-order valence-electron chi connectivity index (χ2n) is 4.97. The lowest BCUT2D eigenvalue weighted by atomic mass is 9.96. The normalized spacial score (nSPS) is 17.3. The Hall–Kier alpha value is -3.01. The highest BCUT2D eigenvalue weighted by molar-refractivity contribution is 6.08. The molecule has 0 fully saturated rings. The fourth-order valence-electron chi connectivity index (χ4n) is 2.57. The smallest absolute Gasteiger partial charge is 0.290 e. The van der Waals surface area contributed by atoms with Crippen molar-refractivity contribution < 1.29 is 24.5 Å². The van der Waals surface area contributed by atoms with E-state index < -0.39 is 23.5 Å². The van der Waals surface area contributed by atoms with Crippen molar-refractivity contribution >= 4 is 11.7 Å². The van der Waals surface area contributed by atoms with E-state index in [0.717, 1.165) is 4.90 Å². The maximum absolute atomic E-state index is 12.1. The summed E-state index contributed by atoms with van der Waals surface area (Å²) in [5.74, 6) is -1.77. The van der Waals surface area contributed by atoms with Crippen molar-refractivity contribution in [2.45, 2.75) is 19.9 Å². The van der Waals surface area contributed by atoms with Crippen LogP contribution in [0.5, 0.6) is 11.5 Å². The van der Waals surface area contributed by atoms with Gasteiger partial charge < -0.3 is 19.8 Å². The number of Topliss-reactive ketones (excluding diaryl/α,β-unsaturated/α-hetero) is 1. The summed E-state index contributed by atoms with van der Waals surface area (Å²) in [6.45, 7) is 3.03. The third kappa shape index (κ3) is 2.83. The Morgan fingerprint density at radius 3 is 2.70 bits per heavy atom. The second kappa shape index (κ2) is 6.40. The molecule has 1 aliphatic heterocycles. The predicted molar refractivity (Wildman–Crippen MR) is 79.7 cm³/mol. The molecule has 0 saturated heterocycles. The Balaban J connectivity index is 2.57. The largest absolute Gasteiger partial charge is 0.504 e. The standard InChI is InChI=1S/C16H16N2O5/c1-3-23-12-8-10(4-5-11(12)20)14-13(9(2)19)15(21)16(22)18(14)7-6-17/h4-5,8,14,20-21H,3,7H2,1-2H3. The van der Waals surface area contributed by atoms with Crippen molar-refractivity contribution in [2.24, 2.45) is 0 Å². The van der Waals surface area contributed by atoms with Gasteiger partial charge in [-0.05, 0) is 31.5 Å². The Kier molecular flexibility index (Phi) is 4.55. The van der Waals surface area contributed by atoms with E-state index in [4.69, 9.17) is 10.00 Å². The third-order valence-corrected chi connectivity index (χ3v) is 3.52. The molecule has 1 aromatic rings. The van der Waals surface area contributed by atoms with Crippen molar-refractivity contribution in [1.29, 1.82) is 5.26 Å². The average molecular weight is 316 g/mol. The number of benzene rings is 1. The number of nitriles is 1. The van der Waals surface area contributed by atoms with Gasteiger partial charge in [0, 0.05) is 0 Å². The first-order valence-electron chi connectivity index (χ1n) is 7.00. The number of aliphatic hydroxyl groups is 1. The minimum Gasteiger partial charge on any atom is -0.504 e. The van der Waals surface area contributed by atoms with Crippen molar-refractivity contribution in [1.82, 2.24) is 4.90 Å². The maximum atomic E-state index is 12.1. The van der Waals surface area contributed by atoms with Gasteiger partial charge in [-0.2, -0.15) is 5.26 Å². The molecule has 7 nitrogen and oxygen atoms in total. The fraction of sp³-hybridized carbons (Fsp3) is 0.312. The van der Waals surface area contributed by atoms with Crippen molar-refractivity contribution in [2.75, 3.05) is 13.2 Å². The SMILES string of the molecule is CCOc1cc(C2C(C(C)=O)=C(O)C(=O)N2CC#N)ccc1O. The number of carbonyl (C=O) groups is 2. The van der Waals surface area contributed by atoms with Gasteiger partial charge in [0.1, 0.15) is 6.54 Å². The molecule has 2 rings (SSSR count). The van der Waals surface area contributed by atoms with Gasteiger partial charge in [0.2, 0.25) is 0 Å². The average Bonchev–Trinajstić information content (AvgIpc) is 2.75. The first-order valence-corrected chi connectivity index (χ1v) is 7.00. The van der Waals surface area contributed by atoms with Crippen LogP contribution in [-0.4, -0.2) is 40.0 Å². The highest BCUT2D eigenvalue weighted by atomic mass is 16.5. The van der Waals surface area contributed by atoms with E-state index >= 15 is 0 Å². The molecule has 23 heavy (non-hydrogen) atoms. The minimum absolute atomic E-state index is 0.0709. The zero-order valence-corrected chi connectivity index (χ0v) is 12.7. The number of amides is 1. The maximum Gasteiger partial charge on any atom is 0.290 e. The molecule has 2 N–H and O–H groups in total. The van der Waals surface area contributed by atoms with Crippen LogP contribution < -0.4 is 4.74 Å². The molecule has 0 saturated carbocycles. The molecule has 1 unspecified atom stereocenters.